The second-order valence-corrected chi connectivity index (χ2v) is 9.13. The predicted octanol–water partition coefficient (Wildman–Crippen LogP) is 5.37. The van der Waals surface area contributed by atoms with E-state index in [1.165, 1.54) is 7.11 Å². The Morgan fingerprint density at radius 1 is 1.00 bits per heavy atom. The first-order valence-corrected chi connectivity index (χ1v) is 12.0. The summed E-state index contributed by atoms with van der Waals surface area (Å²) < 4.78 is 4.85. The van der Waals surface area contributed by atoms with Crippen LogP contribution in [-0.2, 0) is 14.3 Å². The molecule has 3 aromatic rings. The van der Waals surface area contributed by atoms with Gasteiger partial charge in [0, 0.05) is 34.7 Å². The molecule has 0 spiro atoms. The lowest BCUT2D eigenvalue weighted by Crippen LogP contribution is -2.41. The van der Waals surface area contributed by atoms with Gasteiger partial charge in [-0.3, -0.25) is 4.79 Å². The number of thioether (sulfide) groups is 1. The molecule has 1 fully saturated rings. The molecule has 3 aromatic carbocycles. The van der Waals surface area contributed by atoms with Gasteiger partial charge in [-0.15, -0.1) is 11.8 Å². The molecular formula is C27H27NO4S. The molecule has 1 aliphatic heterocycles. The van der Waals surface area contributed by atoms with E-state index in [0.717, 1.165) is 33.6 Å². The van der Waals surface area contributed by atoms with Crippen LogP contribution in [0, 0.1) is 0 Å². The van der Waals surface area contributed by atoms with Crippen LogP contribution in [0.2, 0.25) is 0 Å². The van der Waals surface area contributed by atoms with E-state index < -0.39 is 6.04 Å². The summed E-state index contributed by atoms with van der Waals surface area (Å²) in [6.45, 7) is 0.596. The number of aromatic hydroxyl groups is 1. The molecule has 0 radical (unpaired) electrons. The van der Waals surface area contributed by atoms with Gasteiger partial charge in [0.15, 0.2) is 0 Å². The largest absolute Gasteiger partial charge is 0.507 e. The lowest BCUT2D eigenvalue weighted by Gasteiger charge is -2.22. The fourth-order valence-electron chi connectivity index (χ4n) is 4.21. The zero-order valence-corrected chi connectivity index (χ0v) is 19.4. The summed E-state index contributed by atoms with van der Waals surface area (Å²) in [6, 6.07) is 23.1. The Hall–Kier alpha value is -3.25. The molecule has 1 aliphatic rings. The summed E-state index contributed by atoms with van der Waals surface area (Å²) >= 11 is 1.57. The van der Waals surface area contributed by atoms with Gasteiger partial charge in [0.2, 0.25) is 5.91 Å². The molecule has 1 heterocycles. The van der Waals surface area contributed by atoms with Crippen molar-refractivity contribution in [2.45, 2.75) is 30.2 Å². The fraction of sp³-hybridized carbons (Fsp3) is 0.259. The zero-order valence-electron chi connectivity index (χ0n) is 18.6. The summed E-state index contributed by atoms with van der Waals surface area (Å²) in [5.74, 6) is 0.454. The third kappa shape index (κ3) is 5.22. The van der Waals surface area contributed by atoms with Crippen LogP contribution in [0.4, 0.5) is 0 Å². The normalized spacial score (nSPS) is 15.4. The van der Waals surface area contributed by atoms with Crippen molar-refractivity contribution >= 4 is 23.6 Å². The molecule has 0 saturated carbocycles. The van der Waals surface area contributed by atoms with Crippen LogP contribution in [0.5, 0.6) is 5.75 Å². The molecule has 6 heteroatoms. The van der Waals surface area contributed by atoms with Crippen LogP contribution >= 0.6 is 11.8 Å². The second-order valence-electron chi connectivity index (χ2n) is 7.97. The number of methoxy groups -OCH3 is 1. The van der Waals surface area contributed by atoms with Crippen molar-refractivity contribution in [3.63, 3.8) is 0 Å². The van der Waals surface area contributed by atoms with Crippen molar-refractivity contribution < 1.29 is 19.4 Å². The number of amides is 1. The van der Waals surface area contributed by atoms with Crippen molar-refractivity contribution in [1.82, 2.24) is 4.90 Å². The maximum Gasteiger partial charge on any atom is 0.328 e. The first kappa shape index (κ1) is 22.9. The summed E-state index contributed by atoms with van der Waals surface area (Å²) in [7, 11) is 1.36. The molecule has 33 heavy (non-hydrogen) atoms. The number of rotatable bonds is 7. The molecule has 0 aliphatic carbocycles. The number of hydrogen-bond acceptors (Lipinski definition) is 5. The van der Waals surface area contributed by atoms with E-state index in [4.69, 9.17) is 4.74 Å². The fourth-order valence-corrected chi connectivity index (χ4v) is 5.13. The highest BCUT2D eigenvalue weighted by molar-refractivity contribution is 7.99. The molecule has 0 bridgehead atoms. The lowest BCUT2D eigenvalue weighted by molar-refractivity contribution is -0.150. The van der Waals surface area contributed by atoms with Crippen molar-refractivity contribution in [1.29, 1.82) is 0 Å². The van der Waals surface area contributed by atoms with E-state index in [1.807, 2.05) is 72.8 Å². The second kappa shape index (κ2) is 10.6. The van der Waals surface area contributed by atoms with Crippen molar-refractivity contribution in [2.24, 2.45) is 0 Å². The smallest absolute Gasteiger partial charge is 0.328 e. The van der Waals surface area contributed by atoms with Gasteiger partial charge >= 0.3 is 5.97 Å². The molecule has 170 valence electrons. The highest BCUT2D eigenvalue weighted by Gasteiger charge is 2.34. The van der Waals surface area contributed by atoms with Gasteiger partial charge in [0.1, 0.15) is 11.8 Å². The molecule has 5 nitrogen and oxygen atoms in total. The molecule has 4 rings (SSSR count). The minimum Gasteiger partial charge on any atom is -0.507 e. The van der Waals surface area contributed by atoms with Crippen LogP contribution in [-0.4, -0.2) is 47.3 Å². The van der Waals surface area contributed by atoms with Crippen LogP contribution in [0.25, 0.3) is 22.3 Å². The quantitative estimate of drug-likeness (QED) is 0.378. The van der Waals surface area contributed by atoms with E-state index in [-0.39, 0.29) is 17.6 Å². The number of benzene rings is 3. The van der Waals surface area contributed by atoms with Crippen LogP contribution in [0.15, 0.2) is 77.7 Å². The number of esters is 1. The van der Waals surface area contributed by atoms with Crippen LogP contribution in [0.3, 0.4) is 0 Å². The number of hydrogen-bond donors (Lipinski definition) is 1. The maximum atomic E-state index is 12.8. The number of nitrogens with zero attached hydrogens (tertiary/aromatic N) is 1. The highest BCUT2D eigenvalue weighted by atomic mass is 32.2. The van der Waals surface area contributed by atoms with Crippen molar-refractivity contribution in [3.8, 4) is 28.0 Å². The molecule has 1 saturated heterocycles. The highest BCUT2D eigenvalue weighted by Crippen LogP contribution is 2.41. The van der Waals surface area contributed by atoms with E-state index in [1.54, 1.807) is 16.7 Å². The average molecular weight is 462 g/mol. The first-order chi connectivity index (χ1) is 16.1. The van der Waals surface area contributed by atoms with Crippen molar-refractivity contribution in [3.05, 3.63) is 72.8 Å². The van der Waals surface area contributed by atoms with Gasteiger partial charge in [0.25, 0.3) is 0 Å². The van der Waals surface area contributed by atoms with Gasteiger partial charge in [-0.25, -0.2) is 4.79 Å². The van der Waals surface area contributed by atoms with Gasteiger partial charge in [0.05, 0.1) is 7.11 Å². The molecular weight excluding hydrogens is 434 g/mol. The standard InChI is InChI=1S/C27H27NO4S/c1-32-27(31)24-13-8-15-28(24)25(29)14-16-33-21-17-22(19-9-4-2-5-10-19)26(30)23(18-21)20-11-6-3-7-12-20/h2-7,9-12,17-18,24,30H,8,13-16H2,1H3/t24-/m0/s1. The monoisotopic (exact) mass is 461 g/mol. The number of likely N-dealkylation sites (tertiary alicyclic amines) is 1. The number of carbonyl (C=O) groups is 2. The Balaban J connectivity index is 1.54. The van der Waals surface area contributed by atoms with E-state index >= 15 is 0 Å². The van der Waals surface area contributed by atoms with E-state index in [0.29, 0.717) is 25.1 Å². The number of ether oxygens (including phenoxy) is 1. The zero-order chi connectivity index (χ0) is 23.2. The number of phenols is 1. The topological polar surface area (TPSA) is 66.8 Å². The summed E-state index contributed by atoms with van der Waals surface area (Å²) in [6.07, 6.45) is 1.81. The number of phenolic OH excluding ortho intramolecular Hbond substituents is 1. The minimum absolute atomic E-state index is 0.0271. The Kier molecular flexibility index (Phi) is 7.35. The Bertz CT molecular complexity index is 1060. The lowest BCUT2D eigenvalue weighted by atomic mass is 9.97. The predicted molar refractivity (Wildman–Crippen MR) is 131 cm³/mol. The summed E-state index contributed by atoms with van der Waals surface area (Å²) in [5.41, 5.74) is 3.39. The Morgan fingerprint density at radius 2 is 1.58 bits per heavy atom. The Morgan fingerprint density at radius 3 is 2.12 bits per heavy atom. The van der Waals surface area contributed by atoms with Gasteiger partial charge in [-0.2, -0.15) is 0 Å². The SMILES string of the molecule is COC(=O)[C@@H]1CCCN1C(=O)CCSc1cc(-c2ccccc2)c(O)c(-c2ccccc2)c1. The van der Waals surface area contributed by atoms with E-state index in [2.05, 4.69) is 0 Å². The Labute approximate surface area is 198 Å². The van der Waals surface area contributed by atoms with Crippen LogP contribution < -0.4 is 0 Å². The summed E-state index contributed by atoms with van der Waals surface area (Å²) in [5, 5.41) is 11.1. The average Bonchev–Trinajstić information content (AvgIpc) is 3.35. The minimum atomic E-state index is -0.462. The molecule has 1 N–H and O–H groups in total. The molecule has 1 amide bonds. The number of carbonyl (C=O) groups excluding carboxylic acids is 2. The molecule has 1 atom stereocenters. The molecule has 0 aromatic heterocycles. The van der Waals surface area contributed by atoms with Crippen molar-refractivity contribution in [2.75, 3.05) is 19.4 Å². The van der Waals surface area contributed by atoms with E-state index in [9.17, 15) is 14.7 Å². The summed E-state index contributed by atoms with van der Waals surface area (Å²) in [4.78, 5) is 27.3. The van der Waals surface area contributed by atoms with Gasteiger partial charge < -0.3 is 14.7 Å². The van der Waals surface area contributed by atoms with Crippen LogP contribution in [0.1, 0.15) is 19.3 Å². The van der Waals surface area contributed by atoms with Gasteiger partial charge in [-0.1, -0.05) is 60.7 Å². The third-order valence-corrected chi connectivity index (χ3v) is 6.86. The molecule has 0 unspecified atom stereocenters. The first-order valence-electron chi connectivity index (χ1n) is 11.1. The maximum absolute atomic E-state index is 12.8. The third-order valence-electron chi connectivity index (χ3n) is 5.88. The van der Waals surface area contributed by atoms with Gasteiger partial charge in [-0.05, 0) is 36.1 Å².